The molecule has 0 aromatic carbocycles. The highest BCUT2D eigenvalue weighted by Crippen LogP contribution is 2.31. The van der Waals surface area contributed by atoms with Crippen LogP contribution in [0.2, 0.25) is 0 Å². The third-order valence-corrected chi connectivity index (χ3v) is 5.06. The van der Waals surface area contributed by atoms with Crippen molar-refractivity contribution in [3.8, 4) is 0 Å². The Morgan fingerprint density at radius 2 is 2.44 bits per heavy atom. The van der Waals surface area contributed by atoms with Crippen molar-refractivity contribution in [1.29, 1.82) is 0 Å². The molecule has 1 N–H and O–H groups in total. The Hall–Kier alpha value is -0.220. The lowest BCUT2D eigenvalue weighted by Gasteiger charge is -2.38. The second-order valence-electron chi connectivity index (χ2n) is 5.43. The van der Waals surface area contributed by atoms with Crippen LogP contribution in [-0.4, -0.2) is 47.1 Å². The number of carboxylic acid groups (broad SMARTS) is 1. The molecule has 2 saturated heterocycles. The van der Waals surface area contributed by atoms with Gasteiger partial charge in [0.15, 0.2) is 0 Å². The fraction of sp³-hybridized carbons (Fsp3) is 0.917. The molecule has 4 heteroatoms. The summed E-state index contributed by atoms with van der Waals surface area (Å²) in [5.74, 6) is 2.72. The van der Waals surface area contributed by atoms with Gasteiger partial charge in [-0.2, -0.15) is 11.8 Å². The maximum Gasteiger partial charge on any atom is 0.310 e. The molecule has 2 unspecified atom stereocenters. The number of carbonyl (C=O) groups is 1. The van der Waals surface area contributed by atoms with E-state index in [0.29, 0.717) is 0 Å². The van der Waals surface area contributed by atoms with Gasteiger partial charge in [-0.1, -0.05) is 0 Å². The molecule has 0 amide bonds. The molecule has 16 heavy (non-hydrogen) atoms. The summed E-state index contributed by atoms with van der Waals surface area (Å²) in [5, 5.41) is 9.25. The van der Waals surface area contributed by atoms with Crippen LogP contribution in [-0.2, 0) is 4.79 Å². The second-order valence-corrected chi connectivity index (χ2v) is 6.58. The third-order valence-electron chi connectivity index (χ3n) is 3.83. The van der Waals surface area contributed by atoms with Crippen molar-refractivity contribution in [2.24, 2.45) is 11.3 Å². The first-order valence-corrected chi connectivity index (χ1v) is 7.29. The molecular formula is C12H21NO2S. The van der Waals surface area contributed by atoms with E-state index in [1.54, 1.807) is 0 Å². The predicted octanol–water partition coefficient (Wildman–Crippen LogP) is 1.93. The molecule has 3 nitrogen and oxygen atoms in total. The average molecular weight is 243 g/mol. The van der Waals surface area contributed by atoms with Gasteiger partial charge in [-0.3, -0.25) is 4.79 Å². The fourth-order valence-electron chi connectivity index (χ4n) is 2.77. The first-order valence-electron chi connectivity index (χ1n) is 6.14. The highest BCUT2D eigenvalue weighted by Gasteiger charge is 2.38. The molecule has 2 aliphatic heterocycles. The minimum Gasteiger partial charge on any atom is -0.481 e. The SMILES string of the molecule is CC1(C(=O)O)CCCN(CC2CCSC2)C1. The Bertz CT molecular complexity index is 266. The van der Waals surface area contributed by atoms with E-state index in [0.717, 1.165) is 38.4 Å². The summed E-state index contributed by atoms with van der Waals surface area (Å²) in [7, 11) is 0. The van der Waals surface area contributed by atoms with Gasteiger partial charge in [-0.05, 0) is 50.2 Å². The van der Waals surface area contributed by atoms with E-state index in [4.69, 9.17) is 0 Å². The first kappa shape index (κ1) is 12.2. The van der Waals surface area contributed by atoms with Crippen LogP contribution in [0, 0.1) is 11.3 Å². The number of thioether (sulfide) groups is 1. The van der Waals surface area contributed by atoms with Gasteiger partial charge in [-0.25, -0.2) is 0 Å². The van der Waals surface area contributed by atoms with Crippen LogP contribution in [0.15, 0.2) is 0 Å². The summed E-state index contributed by atoms with van der Waals surface area (Å²) < 4.78 is 0. The zero-order valence-corrected chi connectivity index (χ0v) is 10.8. The number of carboxylic acids is 1. The number of aliphatic carboxylic acids is 1. The van der Waals surface area contributed by atoms with Crippen molar-refractivity contribution in [3.05, 3.63) is 0 Å². The molecule has 0 aliphatic carbocycles. The number of likely N-dealkylation sites (tertiary alicyclic amines) is 1. The minimum atomic E-state index is -0.627. The molecule has 0 bridgehead atoms. The summed E-state index contributed by atoms with van der Waals surface area (Å²) >= 11 is 2.03. The van der Waals surface area contributed by atoms with E-state index in [-0.39, 0.29) is 0 Å². The Balaban J connectivity index is 1.88. The number of hydrogen-bond donors (Lipinski definition) is 1. The third kappa shape index (κ3) is 2.72. The van der Waals surface area contributed by atoms with Crippen LogP contribution >= 0.6 is 11.8 Å². The van der Waals surface area contributed by atoms with Gasteiger partial charge >= 0.3 is 5.97 Å². The second kappa shape index (κ2) is 4.96. The van der Waals surface area contributed by atoms with Crippen LogP contribution in [0.4, 0.5) is 0 Å². The molecule has 0 saturated carbocycles. The van der Waals surface area contributed by atoms with Crippen LogP contribution in [0.5, 0.6) is 0 Å². The maximum absolute atomic E-state index is 11.2. The number of nitrogens with zero attached hydrogens (tertiary/aromatic N) is 1. The van der Waals surface area contributed by atoms with Crippen LogP contribution in [0.25, 0.3) is 0 Å². The Kier molecular flexibility index (Phi) is 3.80. The van der Waals surface area contributed by atoms with Crippen molar-refractivity contribution < 1.29 is 9.90 Å². The van der Waals surface area contributed by atoms with Gasteiger partial charge in [0.1, 0.15) is 0 Å². The van der Waals surface area contributed by atoms with Gasteiger partial charge in [0, 0.05) is 13.1 Å². The van der Waals surface area contributed by atoms with Gasteiger partial charge in [0.2, 0.25) is 0 Å². The van der Waals surface area contributed by atoms with Crippen molar-refractivity contribution in [1.82, 2.24) is 4.90 Å². The molecule has 92 valence electrons. The quantitative estimate of drug-likeness (QED) is 0.822. The van der Waals surface area contributed by atoms with Gasteiger partial charge in [0.25, 0.3) is 0 Å². The zero-order valence-electron chi connectivity index (χ0n) is 9.95. The van der Waals surface area contributed by atoms with Gasteiger partial charge in [0.05, 0.1) is 5.41 Å². The molecule has 2 aliphatic rings. The molecule has 2 heterocycles. The van der Waals surface area contributed by atoms with E-state index >= 15 is 0 Å². The molecular weight excluding hydrogens is 222 g/mol. The summed E-state index contributed by atoms with van der Waals surface area (Å²) in [5.41, 5.74) is -0.510. The van der Waals surface area contributed by atoms with E-state index in [9.17, 15) is 9.90 Å². The maximum atomic E-state index is 11.2. The molecule has 2 rings (SSSR count). The van der Waals surface area contributed by atoms with E-state index < -0.39 is 11.4 Å². The Morgan fingerprint density at radius 3 is 3.06 bits per heavy atom. The summed E-state index contributed by atoms with van der Waals surface area (Å²) in [6.45, 7) is 4.83. The Labute approximate surface area is 102 Å². The minimum absolute atomic E-state index is 0.510. The van der Waals surface area contributed by atoms with Gasteiger partial charge < -0.3 is 10.0 Å². The van der Waals surface area contributed by atoms with Crippen molar-refractivity contribution in [2.75, 3.05) is 31.1 Å². The molecule has 0 aromatic heterocycles. The largest absolute Gasteiger partial charge is 0.481 e. The number of hydrogen-bond acceptors (Lipinski definition) is 3. The monoisotopic (exact) mass is 243 g/mol. The predicted molar refractivity (Wildman–Crippen MR) is 66.8 cm³/mol. The van der Waals surface area contributed by atoms with Crippen molar-refractivity contribution >= 4 is 17.7 Å². The van der Waals surface area contributed by atoms with Crippen LogP contribution in [0.3, 0.4) is 0 Å². The lowest BCUT2D eigenvalue weighted by atomic mass is 9.82. The van der Waals surface area contributed by atoms with Crippen LogP contribution < -0.4 is 0 Å². The van der Waals surface area contributed by atoms with E-state index in [1.807, 2.05) is 18.7 Å². The zero-order chi connectivity index (χ0) is 11.6. The number of rotatable bonds is 3. The van der Waals surface area contributed by atoms with Crippen molar-refractivity contribution in [2.45, 2.75) is 26.2 Å². The molecule has 0 radical (unpaired) electrons. The lowest BCUT2D eigenvalue weighted by molar-refractivity contribution is -0.151. The molecule has 0 spiro atoms. The normalized spacial score (nSPS) is 36.4. The fourth-order valence-corrected chi connectivity index (χ4v) is 4.04. The summed E-state index contributed by atoms with van der Waals surface area (Å²) in [6, 6.07) is 0. The highest BCUT2D eigenvalue weighted by atomic mass is 32.2. The average Bonchev–Trinajstić information content (AvgIpc) is 2.70. The van der Waals surface area contributed by atoms with E-state index in [1.165, 1.54) is 17.9 Å². The summed E-state index contributed by atoms with van der Waals surface area (Å²) in [4.78, 5) is 13.6. The molecule has 2 fully saturated rings. The Morgan fingerprint density at radius 1 is 1.62 bits per heavy atom. The van der Waals surface area contributed by atoms with E-state index in [2.05, 4.69) is 4.90 Å². The topological polar surface area (TPSA) is 40.5 Å². The summed E-state index contributed by atoms with van der Waals surface area (Å²) in [6.07, 6.45) is 3.17. The first-order chi connectivity index (χ1) is 7.60. The smallest absolute Gasteiger partial charge is 0.310 e. The number of piperidine rings is 1. The lowest BCUT2D eigenvalue weighted by Crippen LogP contribution is -2.47. The highest BCUT2D eigenvalue weighted by molar-refractivity contribution is 7.99. The van der Waals surface area contributed by atoms with Crippen molar-refractivity contribution in [3.63, 3.8) is 0 Å². The van der Waals surface area contributed by atoms with Crippen LogP contribution in [0.1, 0.15) is 26.2 Å². The standard InChI is InChI=1S/C12H21NO2S/c1-12(11(14)15)4-2-5-13(9-12)7-10-3-6-16-8-10/h10H,2-9H2,1H3,(H,14,15). The van der Waals surface area contributed by atoms with Gasteiger partial charge in [-0.15, -0.1) is 0 Å². The molecule has 2 atom stereocenters. The molecule has 0 aromatic rings.